The van der Waals surface area contributed by atoms with E-state index in [4.69, 9.17) is 5.26 Å². The molecule has 4 amide bonds. The van der Waals surface area contributed by atoms with Crippen LogP contribution in [0.5, 0.6) is 0 Å². The molecule has 0 aromatic heterocycles. The first-order valence-electron chi connectivity index (χ1n) is 7.05. The first-order valence-corrected chi connectivity index (χ1v) is 7.05. The van der Waals surface area contributed by atoms with Gasteiger partial charge in [0, 0.05) is 29.9 Å². The van der Waals surface area contributed by atoms with Crippen LogP contribution in [0.1, 0.15) is 18.9 Å². The minimum absolute atomic E-state index is 0.0519. The summed E-state index contributed by atoms with van der Waals surface area (Å²) in [5.74, 6) is -1.61. The number of urea groups is 1. The molecule has 1 aromatic carbocycles. The molecule has 25 heavy (non-hydrogen) atoms. The monoisotopic (exact) mass is 345 g/mol. The van der Waals surface area contributed by atoms with Crippen LogP contribution in [-0.4, -0.2) is 22.8 Å². The molecule has 0 fully saturated rings. The predicted octanol–water partition coefficient (Wildman–Crippen LogP) is 1.48. The lowest BCUT2D eigenvalue weighted by atomic mass is 10.2. The lowest BCUT2D eigenvalue weighted by Crippen LogP contribution is -2.42. The molecule has 0 atom stereocenters. The lowest BCUT2D eigenvalue weighted by molar-refractivity contribution is -0.385. The summed E-state index contributed by atoms with van der Waals surface area (Å²) in [4.78, 5) is 44.5. The molecule has 0 spiro atoms. The molecule has 0 radical (unpaired) electrons. The summed E-state index contributed by atoms with van der Waals surface area (Å²) in [7, 11) is 0. The van der Waals surface area contributed by atoms with Gasteiger partial charge in [0.1, 0.15) is 11.6 Å². The highest BCUT2D eigenvalue weighted by Crippen LogP contribution is 2.22. The molecular formula is C15H15N5O5. The minimum atomic E-state index is -1.05. The van der Waals surface area contributed by atoms with Gasteiger partial charge in [-0.05, 0) is 13.0 Å². The molecule has 1 aromatic rings. The number of hydrogen-bond acceptors (Lipinski definition) is 7. The first kappa shape index (κ1) is 19.3. The third-order valence-corrected chi connectivity index (χ3v) is 2.96. The molecule has 0 unspecified atom stereocenters. The minimum Gasteiger partial charge on any atom is -0.360 e. The molecule has 3 N–H and O–H groups in total. The summed E-state index contributed by atoms with van der Waals surface area (Å²) in [6.07, 6.45) is 1.05. The Bertz CT molecular complexity index is 794. The molecule has 10 heteroatoms. The van der Waals surface area contributed by atoms with E-state index in [2.05, 4.69) is 5.32 Å². The molecule has 0 bridgehead atoms. The van der Waals surface area contributed by atoms with Crippen LogP contribution in [-0.2, 0) is 9.59 Å². The second-order valence-electron chi connectivity index (χ2n) is 4.76. The van der Waals surface area contributed by atoms with E-state index in [1.165, 1.54) is 25.1 Å². The van der Waals surface area contributed by atoms with Crippen molar-refractivity contribution >= 4 is 29.2 Å². The topological polar surface area (TPSA) is 154 Å². The molecule has 0 aliphatic carbocycles. The van der Waals surface area contributed by atoms with E-state index in [0.717, 1.165) is 6.20 Å². The molecule has 1 rings (SSSR count). The normalized spacial score (nSPS) is 10.4. The number of carbonyl (C=O) groups is 3. The summed E-state index contributed by atoms with van der Waals surface area (Å²) in [6, 6.07) is 4.80. The van der Waals surface area contributed by atoms with Crippen molar-refractivity contribution in [2.45, 2.75) is 20.3 Å². The maximum atomic E-state index is 11.8. The number of nitriles is 1. The van der Waals surface area contributed by atoms with Crippen molar-refractivity contribution in [2.75, 3.05) is 5.32 Å². The maximum Gasteiger partial charge on any atom is 0.328 e. The number of anilines is 1. The molecule has 0 heterocycles. The number of nitrogens with one attached hydrogen (secondary N) is 3. The number of nitro groups is 1. The van der Waals surface area contributed by atoms with Crippen LogP contribution in [0.3, 0.4) is 0 Å². The predicted molar refractivity (Wildman–Crippen MR) is 87.1 cm³/mol. The van der Waals surface area contributed by atoms with Crippen LogP contribution >= 0.6 is 0 Å². The molecule has 0 saturated heterocycles. The molecular weight excluding hydrogens is 330 g/mol. The summed E-state index contributed by atoms with van der Waals surface area (Å²) < 4.78 is 0. The van der Waals surface area contributed by atoms with Gasteiger partial charge in [0.2, 0.25) is 5.91 Å². The van der Waals surface area contributed by atoms with Gasteiger partial charge in [0.25, 0.3) is 11.6 Å². The van der Waals surface area contributed by atoms with E-state index in [1.807, 2.05) is 10.6 Å². The zero-order valence-electron chi connectivity index (χ0n) is 13.5. The van der Waals surface area contributed by atoms with Crippen molar-refractivity contribution < 1.29 is 19.3 Å². The van der Waals surface area contributed by atoms with Gasteiger partial charge in [-0.25, -0.2) is 4.79 Å². The fourth-order valence-electron chi connectivity index (χ4n) is 1.62. The third kappa shape index (κ3) is 5.76. The fraction of sp³-hybridized carbons (Fsp3) is 0.200. The van der Waals surface area contributed by atoms with Crippen molar-refractivity contribution in [3.63, 3.8) is 0 Å². The van der Waals surface area contributed by atoms with E-state index >= 15 is 0 Å². The van der Waals surface area contributed by atoms with Gasteiger partial charge in [-0.15, -0.1) is 0 Å². The second kappa shape index (κ2) is 8.78. The number of nitrogens with zero attached hydrogens (tertiary/aromatic N) is 2. The van der Waals surface area contributed by atoms with Gasteiger partial charge >= 0.3 is 6.03 Å². The van der Waals surface area contributed by atoms with Gasteiger partial charge in [-0.2, -0.15) is 5.26 Å². The highest BCUT2D eigenvalue weighted by atomic mass is 16.6. The van der Waals surface area contributed by atoms with Crippen molar-refractivity contribution in [2.24, 2.45) is 0 Å². The Balaban J connectivity index is 2.83. The van der Waals surface area contributed by atoms with Crippen LogP contribution in [0.2, 0.25) is 0 Å². The third-order valence-electron chi connectivity index (χ3n) is 2.96. The van der Waals surface area contributed by atoms with E-state index in [0.29, 0.717) is 5.56 Å². The van der Waals surface area contributed by atoms with E-state index in [-0.39, 0.29) is 17.8 Å². The summed E-state index contributed by atoms with van der Waals surface area (Å²) >= 11 is 0. The Morgan fingerprint density at radius 3 is 2.56 bits per heavy atom. The maximum absolute atomic E-state index is 11.8. The SMILES string of the molecule is CCC(=O)NC(=O)NC(=O)/C(C#N)=C/Nc1ccc(C)c([N+](=O)[O-])c1. The Hall–Kier alpha value is -3.74. The van der Waals surface area contributed by atoms with Gasteiger partial charge in [-0.1, -0.05) is 13.0 Å². The Labute approximate surface area is 142 Å². The van der Waals surface area contributed by atoms with Gasteiger partial charge in [0.05, 0.1) is 4.92 Å². The van der Waals surface area contributed by atoms with E-state index in [1.54, 1.807) is 13.0 Å². The zero-order chi connectivity index (χ0) is 19.0. The number of imide groups is 2. The van der Waals surface area contributed by atoms with Crippen LogP contribution in [0.25, 0.3) is 0 Å². The number of benzene rings is 1. The molecule has 0 saturated carbocycles. The molecule has 0 aliphatic heterocycles. The average molecular weight is 345 g/mol. The van der Waals surface area contributed by atoms with Gasteiger partial charge < -0.3 is 5.32 Å². The Morgan fingerprint density at radius 2 is 2.00 bits per heavy atom. The lowest BCUT2D eigenvalue weighted by Gasteiger charge is -2.05. The summed E-state index contributed by atoms with van der Waals surface area (Å²) in [5.41, 5.74) is 0.152. The van der Waals surface area contributed by atoms with Crippen molar-refractivity contribution in [3.8, 4) is 6.07 Å². The standard InChI is InChI=1S/C15H15N5O5/c1-3-13(21)18-15(23)19-14(22)10(7-16)8-17-11-5-4-9(2)12(6-11)20(24)25/h4-6,8,17H,3H2,1-2H3,(H2,18,19,21,22,23)/b10-8+. The number of amides is 4. The number of hydrogen-bond donors (Lipinski definition) is 3. The highest BCUT2D eigenvalue weighted by molar-refractivity contribution is 6.09. The number of carbonyl (C=O) groups excluding carboxylic acids is 3. The molecule has 130 valence electrons. The molecule has 0 aliphatic rings. The average Bonchev–Trinajstić information content (AvgIpc) is 2.56. The van der Waals surface area contributed by atoms with Gasteiger partial charge in [0.15, 0.2) is 0 Å². The van der Waals surface area contributed by atoms with Crippen molar-refractivity contribution in [1.29, 1.82) is 5.26 Å². The smallest absolute Gasteiger partial charge is 0.328 e. The molecule has 10 nitrogen and oxygen atoms in total. The van der Waals surface area contributed by atoms with Crippen molar-refractivity contribution in [3.05, 3.63) is 45.6 Å². The Kier molecular flexibility index (Phi) is 6.78. The summed E-state index contributed by atoms with van der Waals surface area (Å²) in [5, 5.41) is 26.2. The van der Waals surface area contributed by atoms with Crippen molar-refractivity contribution in [1.82, 2.24) is 10.6 Å². The van der Waals surface area contributed by atoms with E-state index < -0.39 is 28.3 Å². The number of nitro benzene ring substituents is 1. The highest BCUT2D eigenvalue weighted by Gasteiger charge is 2.15. The van der Waals surface area contributed by atoms with Crippen LogP contribution in [0.15, 0.2) is 30.0 Å². The summed E-state index contributed by atoms with van der Waals surface area (Å²) in [6.45, 7) is 3.10. The quantitative estimate of drug-likeness (QED) is 0.316. The zero-order valence-corrected chi connectivity index (χ0v) is 13.5. The van der Waals surface area contributed by atoms with Crippen LogP contribution < -0.4 is 16.0 Å². The second-order valence-corrected chi connectivity index (χ2v) is 4.76. The number of rotatable bonds is 5. The first-order chi connectivity index (χ1) is 11.8. The largest absolute Gasteiger partial charge is 0.360 e. The van der Waals surface area contributed by atoms with Gasteiger partial charge in [-0.3, -0.25) is 30.3 Å². The number of aryl methyl sites for hydroxylation is 1. The van der Waals surface area contributed by atoms with Crippen LogP contribution in [0.4, 0.5) is 16.2 Å². The van der Waals surface area contributed by atoms with Crippen LogP contribution in [0, 0.1) is 28.4 Å². The fourth-order valence-corrected chi connectivity index (χ4v) is 1.62. The van der Waals surface area contributed by atoms with E-state index in [9.17, 15) is 24.5 Å². The Morgan fingerprint density at radius 1 is 1.32 bits per heavy atom.